The molecule has 7 nitrogen and oxygen atoms in total. The van der Waals surface area contributed by atoms with Gasteiger partial charge in [-0.05, 0) is 26.8 Å². The van der Waals surface area contributed by atoms with Crippen LogP contribution in [-0.2, 0) is 4.79 Å². The lowest BCUT2D eigenvalue weighted by Gasteiger charge is -2.16. The average molecular weight is 269 g/mol. The predicted octanol–water partition coefficient (Wildman–Crippen LogP) is 1.02. The highest BCUT2D eigenvalue weighted by Gasteiger charge is 2.18. The summed E-state index contributed by atoms with van der Waals surface area (Å²) in [4.78, 5) is 13.2. The summed E-state index contributed by atoms with van der Waals surface area (Å²) in [6, 6.07) is -0.132. The van der Waals surface area contributed by atoms with E-state index >= 15 is 0 Å². The highest BCUT2D eigenvalue weighted by Crippen LogP contribution is 2.14. The van der Waals surface area contributed by atoms with E-state index in [-0.39, 0.29) is 18.0 Å². The van der Waals surface area contributed by atoms with Gasteiger partial charge in [-0.3, -0.25) is 4.79 Å². The monoisotopic (exact) mass is 269 g/mol. The van der Waals surface area contributed by atoms with Crippen molar-refractivity contribution >= 4 is 11.9 Å². The number of nitrogens with zero attached hydrogens (tertiary/aromatic N) is 3. The fraction of sp³-hybridized carbons (Fsp3) is 0.750. The van der Waals surface area contributed by atoms with Crippen molar-refractivity contribution in [2.75, 3.05) is 26.0 Å². The first-order valence-corrected chi connectivity index (χ1v) is 6.50. The first-order chi connectivity index (χ1) is 8.95. The highest BCUT2D eigenvalue weighted by molar-refractivity contribution is 5.83. The standard InChI is InChI=1S/C12H23N5O2/c1-6-7-13-8(2)10-15-16-12(19-10)14-9(3)11(18)17(4)5/h8-9,13H,6-7H2,1-5H3,(H,14,16). The van der Waals surface area contributed by atoms with Crippen LogP contribution < -0.4 is 10.6 Å². The maximum atomic E-state index is 11.7. The first-order valence-electron chi connectivity index (χ1n) is 6.50. The van der Waals surface area contributed by atoms with E-state index < -0.39 is 6.04 Å². The molecule has 1 amide bonds. The number of hydrogen-bond donors (Lipinski definition) is 2. The number of amides is 1. The second-order valence-electron chi connectivity index (χ2n) is 4.72. The number of carbonyl (C=O) groups is 1. The van der Waals surface area contributed by atoms with Crippen LogP contribution in [0.2, 0.25) is 0 Å². The molecular weight excluding hydrogens is 246 g/mol. The van der Waals surface area contributed by atoms with Crippen LogP contribution in [0.25, 0.3) is 0 Å². The number of hydrogen-bond acceptors (Lipinski definition) is 6. The second kappa shape index (κ2) is 7.08. The van der Waals surface area contributed by atoms with Gasteiger partial charge in [-0.15, -0.1) is 5.10 Å². The fourth-order valence-electron chi connectivity index (χ4n) is 1.55. The zero-order valence-corrected chi connectivity index (χ0v) is 12.2. The molecule has 2 unspecified atom stereocenters. The number of rotatable bonds is 7. The lowest BCUT2D eigenvalue weighted by Crippen LogP contribution is -2.36. The number of aromatic nitrogens is 2. The number of carbonyl (C=O) groups excluding carboxylic acids is 1. The summed E-state index contributed by atoms with van der Waals surface area (Å²) in [6.45, 7) is 6.70. The Bertz CT molecular complexity index is 405. The lowest BCUT2D eigenvalue weighted by molar-refractivity contribution is -0.129. The maximum absolute atomic E-state index is 11.7. The van der Waals surface area contributed by atoms with E-state index in [1.807, 2.05) is 6.92 Å². The summed E-state index contributed by atoms with van der Waals surface area (Å²) in [5.74, 6) is 0.470. The molecule has 0 bridgehead atoms. The molecule has 1 heterocycles. The minimum absolute atomic E-state index is 0.00264. The molecule has 0 aliphatic carbocycles. The first kappa shape index (κ1) is 15.4. The third-order valence-corrected chi connectivity index (χ3v) is 2.66. The van der Waals surface area contributed by atoms with Crippen molar-refractivity contribution in [2.45, 2.75) is 39.3 Å². The van der Waals surface area contributed by atoms with Crippen molar-refractivity contribution in [1.82, 2.24) is 20.4 Å². The molecule has 0 spiro atoms. The van der Waals surface area contributed by atoms with Crippen LogP contribution in [0, 0.1) is 0 Å². The Labute approximate surface area is 113 Å². The zero-order valence-electron chi connectivity index (χ0n) is 12.2. The summed E-state index contributed by atoms with van der Waals surface area (Å²) < 4.78 is 5.48. The van der Waals surface area contributed by atoms with Gasteiger partial charge < -0.3 is 20.0 Å². The van der Waals surface area contributed by atoms with Crippen LogP contribution in [0.15, 0.2) is 4.42 Å². The smallest absolute Gasteiger partial charge is 0.316 e. The quantitative estimate of drug-likeness (QED) is 0.769. The van der Waals surface area contributed by atoms with E-state index in [0.29, 0.717) is 5.89 Å². The number of nitrogens with one attached hydrogen (secondary N) is 2. The van der Waals surface area contributed by atoms with E-state index in [9.17, 15) is 4.79 Å². The van der Waals surface area contributed by atoms with Crippen molar-refractivity contribution < 1.29 is 9.21 Å². The SMILES string of the molecule is CCCNC(C)c1nnc(NC(C)C(=O)N(C)C)o1. The molecule has 0 aliphatic heterocycles. The van der Waals surface area contributed by atoms with Gasteiger partial charge in [-0.1, -0.05) is 12.0 Å². The van der Waals surface area contributed by atoms with Gasteiger partial charge in [-0.2, -0.15) is 0 Å². The van der Waals surface area contributed by atoms with Crippen molar-refractivity contribution in [2.24, 2.45) is 0 Å². The Morgan fingerprint density at radius 1 is 1.37 bits per heavy atom. The molecule has 7 heteroatoms. The van der Waals surface area contributed by atoms with Gasteiger partial charge in [-0.25, -0.2) is 0 Å². The van der Waals surface area contributed by atoms with E-state index in [0.717, 1.165) is 13.0 Å². The summed E-state index contributed by atoms with van der Waals surface area (Å²) >= 11 is 0. The predicted molar refractivity (Wildman–Crippen MR) is 72.8 cm³/mol. The summed E-state index contributed by atoms with van der Waals surface area (Å²) in [5, 5.41) is 14.0. The Hall–Kier alpha value is -1.63. The molecule has 0 fully saturated rings. The molecule has 1 rings (SSSR count). The van der Waals surface area contributed by atoms with Crippen LogP contribution in [0.4, 0.5) is 6.01 Å². The molecule has 108 valence electrons. The van der Waals surface area contributed by atoms with E-state index in [1.165, 1.54) is 4.90 Å². The Kier molecular flexibility index (Phi) is 5.75. The molecular formula is C12H23N5O2. The summed E-state index contributed by atoms with van der Waals surface area (Å²) in [6.07, 6.45) is 1.04. The van der Waals surface area contributed by atoms with Gasteiger partial charge in [0.1, 0.15) is 6.04 Å². The van der Waals surface area contributed by atoms with Crippen molar-refractivity contribution in [3.05, 3.63) is 5.89 Å². The minimum Gasteiger partial charge on any atom is -0.406 e. The maximum Gasteiger partial charge on any atom is 0.316 e. The molecule has 0 saturated carbocycles. The normalized spacial score (nSPS) is 13.9. The molecule has 2 atom stereocenters. The van der Waals surface area contributed by atoms with E-state index in [2.05, 4.69) is 27.8 Å². The third-order valence-electron chi connectivity index (χ3n) is 2.66. The van der Waals surface area contributed by atoms with Crippen LogP contribution in [0.3, 0.4) is 0 Å². The fourth-order valence-corrected chi connectivity index (χ4v) is 1.55. The molecule has 0 aliphatic rings. The minimum atomic E-state index is -0.401. The number of likely N-dealkylation sites (N-methyl/N-ethyl adjacent to an activating group) is 1. The average Bonchev–Trinajstić information content (AvgIpc) is 2.83. The van der Waals surface area contributed by atoms with Crippen molar-refractivity contribution in [1.29, 1.82) is 0 Å². The zero-order chi connectivity index (χ0) is 14.4. The van der Waals surface area contributed by atoms with Crippen LogP contribution in [0.5, 0.6) is 0 Å². The molecule has 1 aromatic heterocycles. The van der Waals surface area contributed by atoms with E-state index in [4.69, 9.17) is 4.42 Å². The molecule has 0 radical (unpaired) electrons. The molecule has 0 aromatic carbocycles. The summed E-state index contributed by atoms with van der Waals surface area (Å²) in [5.41, 5.74) is 0. The van der Waals surface area contributed by atoms with Gasteiger partial charge in [0.25, 0.3) is 0 Å². The van der Waals surface area contributed by atoms with Crippen LogP contribution in [0.1, 0.15) is 39.1 Å². The Balaban J connectivity index is 2.57. The van der Waals surface area contributed by atoms with E-state index in [1.54, 1.807) is 21.0 Å². The number of anilines is 1. The van der Waals surface area contributed by atoms with Crippen molar-refractivity contribution in [3.63, 3.8) is 0 Å². The molecule has 2 N–H and O–H groups in total. The molecule has 19 heavy (non-hydrogen) atoms. The third kappa shape index (κ3) is 4.51. The van der Waals surface area contributed by atoms with Gasteiger partial charge in [0.15, 0.2) is 0 Å². The Morgan fingerprint density at radius 2 is 2.05 bits per heavy atom. The second-order valence-corrected chi connectivity index (χ2v) is 4.72. The lowest BCUT2D eigenvalue weighted by atomic mass is 10.3. The van der Waals surface area contributed by atoms with Gasteiger partial charge in [0, 0.05) is 14.1 Å². The highest BCUT2D eigenvalue weighted by atomic mass is 16.4. The van der Waals surface area contributed by atoms with Gasteiger partial charge >= 0.3 is 6.01 Å². The van der Waals surface area contributed by atoms with Gasteiger partial charge in [0.05, 0.1) is 6.04 Å². The topological polar surface area (TPSA) is 83.3 Å². The van der Waals surface area contributed by atoms with Crippen LogP contribution >= 0.6 is 0 Å². The van der Waals surface area contributed by atoms with Crippen molar-refractivity contribution in [3.8, 4) is 0 Å². The largest absolute Gasteiger partial charge is 0.406 e. The summed E-state index contributed by atoms with van der Waals surface area (Å²) in [7, 11) is 3.41. The van der Waals surface area contributed by atoms with Gasteiger partial charge in [0.2, 0.25) is 11.8 Å². The molecule has 1 aromatic rings. The molecule has 0 saturated heterocycles. The Morgan fingerprint density at radius 3 is 2.63 bits per heavy atom. The van der Waals surface area contributed by atoms with Crippen LogP contribution in [-0.4, -0.2) is 47.7 Å².